The number of phenols is 1. The van der Waals surface area contributed by atoms with Gasteiger partial charge >= 0.3 is 11.9 Å². The van der Waals surface area contributed by atoms with Crippen LogP contribution in [-0.4, -0.2) is 81.7 Å². The summed E-state index contributed by atoms with van der Waals surface area (Å²) in [5.74, 6) is -5.00. The van der Waals surface area contributed by atoms with E-state index in [1.54, 1.807) is 13.8 Å². The van der Waals surface area contributed by atoms with Crippen LogP contribution in [0, 0.1) is 5.92 Å². The average Bonchev–Trinajstić information content (AvgIpc) is 2.88. The highest BCUT2D eigenvalue weighted by molar-refractivity contribution is 5.94. The first-order valence-electron chi connectivity index (χ1n) is 13.1. The molecule has 1 aromatic rings. The van der Waals surface area contributed by atoms with E-state index in [0.717, 1.165) is 0 Å². The molecule has 3 amide bonds. The number of nitrogens with one attached hydrogen (secondary N) is 3. The fourth-order valence-electron chi connectivity index (χ4n) is 3.78. The molecular weight excluding hydrogens is 538 g/mol. The van der Waals surface area contributed by atoms with Crippen LogP contribution in [0.5, 0.6) is 5.75 Å². The van der Waals surface area contributed by atoms with Crippen molar-refractivity contribution in [3.63, 3.8) is 0 Å². The molecule has 0 bridgehead atoms. The van der Waals surface area contributed by atoms with Gasteiger partial charge < -0.3 is 48.5 Å². The van der Waals surface area contributed by atoms with Gasteiger partial charge in [0.15, 0.2) is 5.96 Å². The highest BCUT2D eigenvalue weighted by Gasteiger charge is 2.31. The van der Waals surface area contributed by atoms with Gasteiger partial charge in [-0.05, 0) is 49.3 Å². The van der Waals surface area contributed by atoms with E-state index in [1.165, 1.54) is 24.3 Å². The van der Waals surface area contributed by atoms with Crippen LogP contribution in [-0.2, 0) is 30.4 Å². The summed E-state index contributed by atoms with van der Waals surface area (Å²) in [5.41, 5.74) is 17.0. The number of amides is 3. The fourth-order valence-corrected chi connectivity index (χ4v) is 3.78. The van der Waals surface area contributed by atoms with Crippen LogP contribution in [0.1, 0.15) is 51.5 Å². The third-order valence-corrected chi connectivity index (χ3v) is 5.92. The zero-order chi connectivity index (χ0) is 31.1. The Morgan fingerprint density at radius 1 is 0.854 bits per heavy atom. The van der Waals surface area contributed by atoms with E-state index in [-0.39, 0.29) is 49.9 Å². The lowest BCUT2D eigenvalue weighted by Crippen LogP contribution is -2.57. The molecule has 15 heteroatoms. The number of hydrogen-bond acceptors (Lipinski definition) is 8. The normalized spacial score (nSPS) is 13.8. The van der Waals surface area contributed by atoms with Crippen LogP contribution in [0.3, 0.4) is 0 Å². The maximum absolute atomic E-state index is 13.2. The van der Waals surface area contributed by atoms with E-state index in [9.17, 15) is 34.2 Å². The van der Waals surface area contributed by atoms with Crippen molar-refractivity contribution >= 4 is 35.6 Å². The second-order valence-corrected chi connectivity index (χ2v) is 10.0. The van der Waals surface area contributed by atoms with Gasteiger partial charge in [-0.3, -0.25) is 24.2 Å². The smallest absolute Gasteiger partial charge is 0.326 e. The molecule has 15 nitrogen and oxygen atoms in total. The van der Waals surface area contributed by atoms with Gasteiger partial charge in [0.25, 0.3) is 0 Å². The SMILES string of the molecule is CC(C)CC(NC(=O)C(CCC(=O)O)NC(=O)C(N)CCCN=C(N)N)C(=O)NC(Cc1ccc(O)cc1)C(=O)O. The fraction of sp³-hybridized carbons (Fsp3) is 0.538. The summed E-state index contributed by atoms with van der Waals surface area (Å²) >= 11 is 0. The number of guanidine groups is 1. The summed E-state index contributed by atoms with van der Waals surface area (Å²) in [4.78, 5) is 65.7. The number of phenolic OH excluding ortho intramolecular Hbond substituents is 1. The molecule has 41 heavy (non-hydrogen) atoms. The second kappa shape index (κ2) is 17.3. The molecule has 4 unspecified atom stereocenters. The van der Waals surface area contributed by atoms with Crippen molar-refractivity contribution in [3.05, 3.63) is 29.8 Å². The Hall–Kier alpha value is -4.40. The van der Waals surface area contributed by atoms with Gasteiger partial charge in [0.2, 0.25) is 17.7 Å². The average molecular weight is 580 g/mol. The van der Waals surface area contributed by atoms with Gasteiger partial charge in [-0.2, -0.15) is 0 Å². The number of carbonyl (C=O) groups excluding carboxylic acids is 3. The zero-order valence-corrected chi connectivity index (χ0v) is 23.2. The lowest BCUT2D eigenvalue weighted by molar-refractivity contribution is -0.142. The molecule has 1 rings (SSSR count). The summed E-state index contributed by atoms with van der Waals surface area (Å²) in [6, 6.07) is 0.948. The number of nitrogens with zero attached hydrogens (tertiary/aromatic N) is 1. The topological polar surface area (TPSA) is 273 Å². The van der Waals surface area contributed by atoms with Crippen molar-refractivity contribution in [2.75, 3.05) is 6.54 Å². The van der Waals surface area contributed by atoms with Gasteiger partial charge in [0.1, 0.15) is 23.9 Å². The molecule has 0 saturated heterocycles. The minimum atomic E-state index is -1.34. The van der Waals surface area contributed by atoms with Gasteiger partial charge in [-0.25, -0.2) is 4.79 Å². The van der Waals surface area contributed by atoms with Crippen LogP contribution in [0.4, 0.5) is 0 Å². The van der Waals surface area contributed by atoms with Crippen molar-refractivity contribution in [3.8, 4) is 5.75 Å². The van der Waals surface area contributed by atoms with E-state index in [0.29, 0.717) is 12.0 Å². The molecule has 0 aliphatic heterocycles. The number of nitrogens with two attached hydrogens (primary N) is 3. The molecular formula is C26H41N7O8. The van der Waals surface area contributed by atoms with Crippen molar-refractivity contribution in [1.82, 2.24) is 16.0 Å². The summed E-state index contributed by atoms with van der Waals surface area (Å²) in [6.07, 6.45) is -0.111. The summed E-state index contributed by atoms with van der Waals surface area (Å²) in [6.45, 7) is 3.83. The molecule has 0 aliphatic carbocycles. The van der Waals surface area contributed by atoms with Crippen LogP contribution < -0.4 is 33.2 Å². The predicted octanol–water partition coefficient (Wildman–Crippen LogP) is -1.23. The van der Waals surface area contributed by atoms with E-state index < -0.39 is 60.2 Å². The number of carboxylic acid groups (broad SMARTS) is 2. The number of hydrogen-bond donors (Lipinski definition) is 9. The van der Waals surface area contributed by atoms with Crippen LogP contribution in [0.25, 0.3) is 0 Å². The number of aliphatic carboxylic acids is 2. The van der Waals surface area contributed by atoms with Crippen LogP contribution >= 0.6 is 0 Å². The Bertz CT molecular complexity index is 1070. The summed E-state index contributed by atoms with van der Waals surface area (Å²) in [7, 11) is 0. The molecule has 0 aliphatic rings. The Morgan fingerprint density at radius 2 is 1.41 bits per heavy atom. The molecule has 12 N–H and O–H groups in total. The number of carboxylic acids is 2. The largest absolute Gasteiger partial charge is 0.508 e. The van der Waals surface area contributed by atoms with E-state index in [4.69, 9.17) is 22.3 Å². The molecule has 0 radical (unpaired) electrons. The first-order valence-corrected chi connectivity index (χ1v) is 13.1. The number of aromatic hydroxyl groups is 1. The Balaban J connectivity index is 2.99. The van der Waals surface area contributed by atoms with Gasteiger partial charge in [-0.1, -0.05) is 26.0 Å². The molecule has 1 aromatic carbocycles. The van der Waals surface area contributed by atoms with Crippen molar-refractivity contribution in [1.29, 1.82) is 0 Å². The predicted molar refractivity (Wildman–Crippen MR) is 149 cm³/mol. The van der Waals surface area contributed by atoms with Gasteiger partial charge in [0.05, 0.1) is 6.04 Å². The molecule has 0 heterocycles. The van der Waals surface area contributed by atoms with Crippen molar-refractivity contribution < 1.29 is 39.3 Å². The van der Waals surface area contributed by atoms with E-state index >= 15 is 0 Å². The molecule has 228 valence electrons. The maximum atomic E-state index is 13.2. The van der Waals surface area contributed by atoms with E-state index in [2.05, 4.69) is 20.9 Å². The third kappa shape index (κ3) is 14.0. The third-order valence-electron chi connectivity index (χ3n) is 5.92. The van der Waals surface area contributed by atoms with Crippen molar-refractivity contribution in [2.24, 2.45) is 28.1 Å². The minimum absolute atomic E-state index is 0.000753. The number of rotatable bonds is 18. The Kier molecular flexibility index (Phi) is 14.6. The highest BCUT2D eigenvalue weighted by atomic mass is 16.4. The lowest BCUT2D eigenvalue weighted by Gasteiger charge is -2.26. The number of benzene rings is 1. The second-order valence-electron chi connectivity index (χ2n) is 10.0. The first-order chi connectivity index (χ1) is 19.2. The summed E-state index contributed by atoms with van der Waals surface area (Å²) < 4.78 is 0. The molecule has 4 atom stereocenters. The van der Waals surface area contributed by atoms with Gasteiger partial charge in [0, 0.05) is 19.4 Å². The molecule has 0 fully saturated rings. The van der Waals surface area contributed by atoms with Crippen LogP contribution in [0.2, 0.25) is 0 Å². The maximum Gasteiger partial charge on any atom is 0.326 e. The van der Waals surface area contributed by atoms with Crippen molar-refractivity contribution in [2.45, 2.75) is 76.5 Å². The zero-order valence-electron chi connectivity index (χ0n) is 23.2. The number of carbonyl (C=O) groups is 5. The Morgan fingerprint density at radius 3 is 1.95 bits per heavy atom. The number of aliphatic imine (C=N–C) groups is 1. The lowest BCUT2D eigenvalue weighted by atomic mass is 10.0. The minimum Gasteiger partial charge on any atom is -0.508 e. The molecule has 0 spiro atoms. The van der Waals surface area contributed by atoms with Crippen LogP contribution in [0.15, 0.2) is 29.3 Å². The standard InChI is InChI=1S/C26H41N7O8/c1-14(2)12-19(24(39)33-20(25(40)41)13-15-5-7-16(34)8-6-15)32-23(38)18(9-10-21(35)36)31-22(37)17(27)4-3-11-30-26(28)29/h5-8,14,17-20,34H,3-4,9-13,27H2,1-2H3,(H,31,37)(H,32,38)(H,33,39)(H,35,36)(H,40,41)(H4,28,29,30). The van der Waals surface area contributed by atoms with Gasteiger partial charge in [-0.15, -0.1) is 0 Å². The van der Waals surface area contributed by atoms with E-state index in [1.807, 2.05) is 0 Å². The monoisotopic (exact) mass is 579 g/mol. The highest BCUT2D eigenvalue weighted by Crippen LogP contribution is 2.13. The quantitative estimate of drug-likeness (QED) is 0.0564. The molecule has 0 aromatic heterocycles. The summed E-state index contributed by atoms with van der Waals surface area (Å²) in [5, 5.41) is 35.6. The molecule has 0 saturated carbocycles. The first kappa shape index (κ1) is 34.6. The Labute approximate surface area is 237 Å².